The van der Waals surface area contributed by atoms with Gasteiger partial charge in [0, 0.05) is 30.9 Å². The Balaban J connectivity index is 2.02. The van der Waals surface area contributed by atoms with Gasteiger partial charge in [0.1, 0.15) is 12.1 Å². The van der Waals surface area contributed by atoms with Crippen LogP contribution in [0.4, 0.5) is 18.9 Å². The van der Waals surface area contributed by atoms with Crippen molar-refractivity contribution in [2.45, 2.75) is 84.1 Å². The Morgan fingerprint density at radius 1 is 1.27 bits per heavy atom. The maximum absolute atomic E-state index is 13.7. The lowest BCUT2D eigenvalue weighted by Crippen LogP contribution is -2.45. The van der Waals surface area contributed by atoms with Gasteiger partial charge in [0.15, 0.2) is 5.78 Å². The van der Waals surface area contributed by atoms with E-state index in [4.69, 9.17) is 4.74 Å². The van der Waals surface area contributed by atoms with Crippen molar-refractivity contribution < 1.29 is 32.6 Å². The Kier molecular flexibility index (Phi) is 12.6. The van der Waals surface area contributed by atoms with E-state index in [1.165, 1.54) is 24.5 Å². The highest BCUT2D eigenvalue weighted by atomic mass is 19.4. The largest absolute Gasteiger partial charge is 0.494 e. The summed E-state index contributed by atoms with van der Waals surface area (Å²) >= 11 is 0. The van der Waals surface area contributed by atoms with Gasteiger partial charge in [-0.3, -0.25) is 9.59 Å². The fourth-order valence-electron chi connectivity index (χ4n) is 3.92. The summed E-state index contributed by atoms with van der Waals surface area (Å²) in [4.78, 5) is 28.2. The maximum Gasteiger partial charge on any atom is 0.416 e. The molecule has 220 valence electrons. The minimum absolute atomic E-state index is 0.0189. The van der Waals surface area contributed by atoms with Crippen molar-refractivity contribution >= 4 is 23.1 Å². The number of nitrogens with one attached hydrogen (secondary N) is 3. The summed E-state index contributed by atoms with van der Waals surface area (Å²) in [5.74, 6) is -0.599. The molecule has 4 N–H and O–H groups in total. The molecule has 0 saturated carbocycles. The summed E-state index contributed by atoms with van der Waals surface area (Å²) in [6.07, 6.45) is 2.98. The lowest BCUT2D eigenvalue weighted by Gasteiger charge is -2.20. The van der Waals surface area contributed by atoms with Crippen molar-refractivity contribution in [2.24, 2.45) is 4.99 Å². The molecule has 1 aromatic carbocycles. The second-order valence-electron chi connectivity index (χ2n) is 9.84. The zero-order chi connectivity index (χ0) is 29.9. The van der Waals surface area contributed by atoms with Crippen molar-refractivity contribution in [1.29, 1.82) is 0 Å². The summed E-state index contributed by atoms with van der Waals surface area (Å²) in [5.41, 5.74) is 0.176. The molecule has 0 spiro atoms. The van der Waals surface area contributed by atoms with Crippen LogP contribution in [0.25, 0.3) is 0 Å². The molecule has 4 unspecified atom stereocenters. The van der Waals surface area contributed by atoms with Crippen LogP contribution >= 0.6 is 0 Å². The fourth-order valence-corrected chi connectivity index (χ4v) is 3.92. The molecule has 0 radical (unpaired) electrons. The molecule has 0 aliphatic heterocycles. The molecule has 1 aliphatic carbocycles. The average Bonchev–Trinajstić information content (AvgIpc) is 2.88. The van der Waals surface area contributed by atoms with Crippen molar-refractivity contribution in [3.05, 3.63) is 65.5 Å². The van der Waals surface area contributed by atoms with E-state index in [0.717, 1.165) is 12.5 Å². The standard InChI is InChI=1S/C29H39F3N4O4/c1-6-19(4)34-26(27(38)33-5)13-14-40-24-11-9-21(10-12-24)35-28(39)36-22-8-7-20(16-23(37)15-18(2)3)25(17-22)29(30,31)32/h7-9,11,13-15,17,19,24,26,28,34,36,39H,6,10,12,16H2,1-5H3,(H,33,38). The lowest BCUT2D eigenvalue weighted by atomic mass is 10.00. The van der Waals surface area contributed by atoms with Crippen LogP contribution in [0, 0.1) is 0 Å². The number of aliphatic imine (C=N–C) groups is 1. The first-order valence-corrected chi connectivity index (χ1v) is 13.2. The zero-order valence-electron chi connectivity index (χ0n) is 23.5. The molecule has 1 aliphatic rings. The van der Waals surface area contributed by atoms with Gasteiger partial charge in [0.05, 0.1) is 11.8 Å². The Morgan fingerprint density at radius 3 is 2.58 bits per heavy atom. The highest BCUT2D eigenvalue weighted by molar-refractivity contribution is 5.96. The van der Waals surface area contributed by atoms with Crippen LogP contribution in [-0.4, -0.2) is 54.1 Å². The minimum atomic E-state index is -4.67. The first kappa shape index (κ1) is 32.8. The summed E-state index contributed by atoms with van der Waals surface area (Å²) in [6, 6.07) is 3.08. The van der Waals surface area contributed by atoms with Gasteiger partial charge in [-0.15, -0.1) is 0 Å². The van der Waals surface area contributed by atoms with Gasteiger partial charge in [-0.2, -0.15) is 13.2 Å². The van der Waals surface area contributed by atoms with Crippen molar-refractivity contribution in [3.63, 3.8) is 0 Å². The Bertz CT molecular complexity index is 1140. The molecular weight excluding hydrogens is 525 g/mol. The first-order chi connectivity index (χ1) is 18.8. The van der Waals surface area contributed by atoms with Gasteiger partial charge in [-0.25, -0.2) is 4.99 Å². The molecule has 1 amide bonds. The van der Waals surface area contributed by atoms with Gasteiger partial charge in [0.25, 0.3) is 0 Å². The number of aliphatic hydroxyl groups excluding tert-OH is 1. The van der Waals surface area contributed by atoms with Crippen molar-refractivity contribution in [2.75, 3.05) is 12.4 Å². The highest BCUT2D eigenvalue weighted by Crippen LogP contribution is 2.34. The minimum Gasteiger partial charge on any atom is -0.494 e. The van der Waals surface area contributed by atoms with E-state index in [0.29, 0.717) is 24.1 Å². The number of benzene rings is 1. The van der Waals surface area contributed by atoms with Crippen LogP contribution in [0.15, 0.2) is 59.3 Å². The number of halogens is 3. The molecule has 8 nitrogen and oxygen atoms in total. The van der Waals surface area contributed by atoms with E-state index in [9.17, 15) is 27.9 Å². The topological polar surface area (TPSA) is 112 Å². The third kappa shape index (κ3) is 11.0. The molecular formula is C29H39F3N4O4. The lowest BCUT2D eigenvalue weighted by molar-refractivity contribution is -0.138. The molecule has 0 bridgehead atoms. The number of nitrogens with zero attached hydrogens (tertiary/aromatic N) is 1. The van der Waals surface area contributed by atoms with Crippen molar-refractivity contribution in [3.8, 4) is 0 Å². The summed E-state index contributed by atoms with van der Waals surface area (Å²) in [7, 11) is 1.57. The Morgan fingerprint density at radius 2 is 2.00 bits per heavy atom. The number of alkyl halides is 3. The third-order valence-electron chi connectivity index (χ3n) is 6.13. The number of carbonyl (C=O) groups is 2. The number of hydrogen-bond donors (Lipinski definition) is 4. The number of amides is 1. The molecule has 0 aromatic heterocycles. The number of rotatable bonds is 13. The first-order valence-electron chi connectivity index (χ1n) is 13.2. The van der Waals surface area contributed by atoms with E-state index >= 15 is 0 Å². The molecule has 0 saturated heterocycles. The quantitative estimate of drug-likeness (QED) is 0.158. The number of anilines is 1. The average molecular weight is 565 g/mol. The predicted octanol–water partition coefficient (Wildman–Crippen LogP) is 4.66. The third-order valence-corrected chi connectivity index (χ3v) is 6.13. The summed E-state index contributed by atoms with van der Waals surface area (Å²) < 4.78 is 46.7. The number of ketones is 1. The number of hydrogen-bond acceptors (Lipinski definition) is 7. The SMILES string of the molecule is CCC(C)NC(C=COC1C=CC(=NC(O)Nc2ccc(CC(=O)C=C(C)C)c(C(F)(F)F)c2)CC1)C(=O)NC. The highest BCUT2D eigenvalue weighted by Gasteiger charge is 2.34. The molecule has 40 heavy (non-hydrogen) atoms. The van der Waals surface area contributed by atoms with Crippen LogP contribution < -0.4 is 16.0 Å². The van der Waals surface area contributed by atoms with Crippen LogP contribution in [-0.2, 0) is 26.9 Å². The van der Waals surface area contributed by atoms with Gasteiger partial charge >= 0.3 is 6.18 Å². The number of allylic oxidation sites excluding steroid dienone is 3. The maximum atomic E-state index is 13.7. The van der Waals surface area contributed by atoms with E-state index in [1.54, 1.807) is 39.1 Å². The fraction of sp³-hybridized carbons (Fsp3) is 0.483. The molecule has 0 fully saturated rings. The molecule has 4 atom stereocenters. The van der Waals surface area contributed by atoms with Gasteiger partial charge in [-0.1, -0.05) is 18.6 Å². The predicted molar refractivity (Wildman–Crippen MR) is 150 cm³/mol. The Hall–Kier alpha value is -3.44. The smallest absolute Gasteiger partial charge is 0.416 e. The zero-order valence-corrected chi connectivity index (χ0v) is 23.5. The Labute approximate surface area is 233 Å². The number of carbonyl (C=O) groups excluding carboxylic acids is 2. The number of likely N-dealkylation sites (N-methyl/N-ethyl adjacent to an activating group) is 1. The van der Waals surface area contributed by atoms with Crippen LogP contribution in [0.5, 0.6) is 0 Å². The van der Waals surface area contributed by atoms with Crippen LogP contribution in [0.1, 0.15) is 58.1 Å². The normalized spacial score (nSPS) is 18.7. The molecule has 1 aromatic rings. The monoisotopic (exact) mass is 564 g/mol. The summed E-state index contributed by atoms with van der Waals surface area (Å²) in [6.45, 7) is 7.39. The number of aliphatic hydroxyl groups is 1. The van der Waals surface area contributed by atoms with Gasteiger partial charge in [0.2, 0.25) is 12.3 Å². The molecule has 2 rings (SSSR count). The van der Waals surface area contributed by atoms with Crippen LogP contribution in [0.3, 0.4) is 0 Å². The second-order valence-corrected chi connectivity index (χ2v) is 9.84. The molecule has 0 heterocycles. The van der Waals surface area contributed by atoms with E-state index in [-0.39, 0.29) is 35.7 Å². The second kappa shape index (κ2) is 15.4. The van der Waals surface area contributed by atoms with E-state index in [1.807, 2.05) is 13.8 Å². The van der Waals surface area contributed by atoms with Gasteiger partial charge in [-0.05, 0) is 82.0 Å². The van der Waals surface area contributed by atoms with E-state index < -0.39 is 29.9 Å². The molecule has 11 heteroatoms. The van der Waals surface area contributed by atoms with Crippen molar-refractivity contribution in [1.82, 2.24) is 10.6 Å². The number of ether oxygens (including phenoxy) is 1. The van der Waals surface area contributed by atoms with Crippen LogP contribution in [0.2, 0.25) is 0 Å². The van der Waals surface area contributed by atoms with Gasteiger partial charge < -0.3 is 25.8 Å². The summed E-state index contributed by atoms with van der Waals surface area (Å²) in [5, 5.41) is 18.7. The van der Waals surface area contributed by atoms with E-state index in [2.05, 4.69) is 20.9 Å².